The number of benzene rings is 1. The molecular formula is C14H16N2O2. The van der Waals surface area contributed by atoms with E-state index in [2.05, 4.69) is 10.5 Å². The molecule has 1 heterocycles. The van der Waals surface area contributed by atoms with Crippen molar-refractivity contribution in [2.45, 2.75) is 27.2 Å². The molecule has 4 nitrogen and oxygen atoms in total. The SMILES string of the molecule is CCc1noc(C)c1C(=O)Nc1ccccc1C. The molecule has 0 saturated carbocycles. The average molecular weight is 244 g/mol. The van der Waals surface area contributed by atoms with Gasteiger partial charge in [0.05, 0.1) is 5.69 Å². The zero-order valence-corrected chi connectivity index (χ0v) is 10.8. The third-order valence-corrected chi connectivity index (χ3v) is 2.89. The summed E-state index contributed by atoms with van der Waals surface area (Å²) in [6, 6.07) is 7.66. The van der Waals surface area contributed by atoms with Gasteiger partial charge in [0.15, 0.2) is 0 Å². The lowest BCUT2D eigenvalue weighted by atomic mass is 10.1. The molecule has 1 aromatic heterocycles. The van der Waals surface area contributed by atoms with Gasteiger partial charge in [-0.3, -0.25) is 4.79 Å². The molecule has 0 fully saturated rings. The molecular weight excluding hydrogens is 228 g/mol. The molecule has 0 aliphatic heterocycles. The van der Waals surface area contributed by atoms with Crippen LogP contribution in [0, 0.1) is 13.8 Å². The highest BCUT2D eigenvalue weighted by atomic mass is 16.5. The Balaban J connectivity index is 2.28. The van der Waals surface area contributed by atoms with Gasteiger partial charge in [0.2, 0.25) is 0 Å². The number of amides is 1. The van der Waals surface area contributed by atoms with Gasteiger partial charge < -0.3 is 9.84 Å². The Bertz CT molecular complexity index is 573. The van der Waals surface area contributed by atoms with Crippen LogP contribution in [0.25, 0.3) is 0 Å². The molecule has 0 bridgehead atoms. The number of nitrogens with one attached hydrogen (secondary N) is 1. The largest absolute Gasteiger partial charge is 0.361 e. The summed E-state index contributed by atoms with van der Waals surface area (Å²) in [6.07, 6.45) is 0.674. The van der Waals surface area contributed by atoms with Crippen LogP contribution in [0.15, 0.2) is 28.8 Å². The van der Waals surface area contributed by atoms with Gasteiger partial charge in [-0.1, -0.05) is 30.3 Å². The third kappa shape index (κ3) is 2.27. The summed E-state index contributed by atoms with van der Waals surface area (Å²) < 4.78 is 5.06. The van der Waals surface area contributed by atoms with Gasteiger partial charge in [0.25, 0.3) is 5.91 Å². The van der Waals surface area contributed by atoms with E-state index >= 15 is 0 Å². The smallest absolute Gasteiger partial charge is 0.261 e. The van der Waals surface area contributed by atoms with Crippen LogP contribution in [0.2, 0.25) is 0 Å². The standard InChI is InChI=1S/C14H16N2O2/c1-4-11-13(10(3)18-16-11)14(17)15-12-8-6-5-7-9(12)2/h5-8H,4H2,1-3H3,(H,15,17). The maximum atomic E-state index is 12.2. The Labute approximate surface area is 106 Å². The molecule has 0 saturated heterocycles. The number of hydrogen-bond acceptors (Lipinski definition) is 3. The molecule has 2 rings (SSSR count). The summed E-state index contributed by atoms with van der Waals surface area (Å²) in [5.74, 6) is 0.387. The number of carbonyl (C=O) groups excluding carboxylic acids is 1. The first kappa shape index (κ1) is 12.4. The number of rotatable bonds is 3. The molecule has 0 aliphatic rings. The van der Waals surface area contributed by atoms with Crippen molar-refractivity contribution < 1.29 is 9.32 Å². The normalized spacial score (nSPS) is 10.4. The summed E-state index contributed by atoms with van der Waals surface area (Å²) >= 11 is 0. The lowest BCUT2D eigenvalue weighted by Crippen LogP contribution is -2.15. The Morgan fingerprint density at radius 2 is 2.06 bits per heavy atom. The van der Waals surface area contributed by atoms with Gasteiger partial charge >= 0.3 is 0 Å². The minimum Gasteiger partial charge on any atom is -0.361 e. The highest BCUT2D eigenvalue weighted by Crippen LogP contribution is 2.18. The second kappa shape index (κ2) is 5.04. The molecule has 1 amide bonds. The van der Waals surface area contributed by atoms with Crippen molar-refractivity contribution >= 4 is 11.6 Å². The van der Waals surface area contributed by atoms with Gasteiger partial charge in [-0.05, 0) is 31.9 Å². The van der Waals surface area contributed by atoms with Gasteiger partial charge in [-0.25, -0.2) is 0 Å². The van der Waals surface area contributed by atoms with Crippen LogP contribution in [-0.2, 0) is 6.42 Å². The Morgan fingerprint density at radius 3 is 2.72 bits per heavy atom. The summed E-state index contributed by atoms with van der Waals surface area (Å²) in [4.78, 5) is 12.2. The molecule has 94 valence electrons. The lowest BCUT2D eigenvalue weighted by Gasteiger charge is -2.07. The molecule has 1 aromatic carbocycles. The van der Waals surface area contributed by atoms with E-state index in [1.165, 1.54) is 0 Å². The maximum absolute atomic E-state index is 12.2. The van der Waals surface area contributed by atoms with Crippen molar-refractivity contribution in [3.63, 3.8) is 0 Å². The molecule has 0 spiro atoms. The van der Waals surface area contributed by atoms with E-state index in [1.807, 2.05) is 38.1 Å². The van der Waals surface area contributed by atoms with E-state index in [9.17, 15) is 4.79 Å². The molecule has 0 radical (unpaired) electrons. The van der Waals surface area contributed by atoms with Crippen LogP contribution in [0.4, 0.5) is 5.69 Å². The second-order valence-corrected chi connectivity index (χ2v) is 4.18. The van der Waals surface area contributed by atoms with Crippen LogP contribution in [0.1, 0.15) is 34.3 Å². The van der Waals surface area contributed by atoms with E-state index < -0.39 is 0 Å². The summed E-state index contributed by atoms with van der Waals surface area (Å²) in [7, 11) is 0. The van der Waals surface area contributed by atoms with Gasteiger partial charge in [-0.2, -0.15) is 0 Å². The third-order valence-electron chi connectivity index (χ3n) is 2.89. The first-order valence-corrected chi connectivity index (χ1v) is 5.95. The minimum absolute atomic E-state index is 0.167. The molecule has 0 aliphatic carbocycles. The number of carbonyl (C=O) groups is 1. The fourth-order valence-electron chi connectivity index (χ4n) is 1.85. The average Bonchev–Trinajstić information content (AvgIpc) is 2.73. The predicted octanol–water partition coefficient (Wildman–Crippen LogP) is 3.11. The van der Waals surface area contributed by atoms with Crippen LogP contribution >= 0.6 is 0 Å². The van der Waals surface area contributed by atoms with Crippen LogP contribution in [-0.4, -0.2) is 11.1 Å². The Morgan fingerprint density at radius 1 is 1.33 bits per heavy atom. The Hall–Kier alpha value is -2.10. The van der Waals surface area contributed by atoms with Crippen molar-refractivity contribution in [2.75, 3.05) is 5.32 Å². The van der Waals surface area contributed by atoms with Gasteiger partial charge in [0.1, 0.15) is 11.3 Å². The number of hydrogen-bond donors (Lipinski definition) is 1. The first-order valence-electron chi connectivity index (χ1n) is 5.95. The van der Waals surface area contributed by atoms with E-state index in [-0.39, 0.29) is 5.91 Å². The molecule has 1 N–H and O–H groups in total. The number of aryl methyl sites for hydroxylation is 3. The second-order valence-electron chi connectivity index (χ2n) is 4.18. The first-order chi connectivity index (χ1) is 8.63. The quantitative estimate of drug-likeness (QED) is 0.902. The van der Waals surface area contributed by atoms with Gasteiger partial charge in [-0.15, -0.1) is 0 Å². The molecule has 4 heteroatoms. The summed E-state index contributed by atoms with van der Waals surface area (Å²) in [5.41, 5.74) is 3.07. The Kier molecular flexibility index (Phi) is 3.46. The molecule has 0 unspecified atom stereocenters. The molecule has 2 aromatic rings. The fraction of sp³-hybridized carbons (Fsp3) is 0.286. The highest BCUT2D eigenvalue weighted by Gasteiger charge is 2.19. The number of anilines is 1. The molecule has 0 atom stereocenters. The molecule has 18 heavy (non-hydrogen) atoms. The number of nitrogens with zero attached hydrogens (tertiary/aromatic N) is 1. The van der Waals surface area contributed by atoms with Crippen LogP contribution in [0.5, 0.6) is 0 Å². The van der Waals surface area contributed by atoms with Crippen LogP contribution in [0.3, 0.4) is 0 Å². The summed E-state index contributed by atoms with van der Waals surface area (Å²) in [6.45, 7) is 5.65. The zero-order chi connectivity index (χ0) is 13.1. The summed E-state index contributed by atoms with van der Waals surface area (Å²) in [5, 5.41) is 6.77. The van der Waals surface area contributed by atoms with Crippen molar-refractivity contribution in [3.8, 4) is 0 Å². The topological polar surface area (TPSA) is 55.1 Å². The van der Waals surface area contributed by atoms with E-state index in [0.717, 1.165) is 11.3 Å². The van der Waals surface area contributed by atoms with Gasteiger partial charge in [0, 0.05) is 5.69 Å². The van der Waals surface area contributed by atoms with E-state index in [4.69, 9.17) is 4.52 Å². The zero-order valence-electron chi connectivity index (χ0n) is 10.8. The maximum Gasteiger partial charge on any atom is 0.261 e. The highest BCUT2D eigenvalue weighted by molar-refractivity contribution is 6.06. The van der Waals surface area contributed by atoms with Crippen molar-refractivity contribution in [3.05, 3.63) is 46.8 Å². The lowest BCUT2D eigenvalue weighted by molar-refractivity contribution is 0.102. The minimum atomic E-state index is -0.167. The monoisotopic (exact) mass is 244 g/mol. The van der Waals surface area contributed by atoms with E-state index in [0.29, 0.717) is 23.4 Å². The van der Waals surface area contributed by atoms with Crippen molar-refractivity contribution in [2.24, 2.45) is 0 Å². The number of para-hydroxylation sites is 1. The van der Waals surface area contributed by atoms with E-state index in [1.54, 1.807) is 6.92 Å². The predicted molar refractivity (Wildman–Crippen MR) is 69.8 cm³/mol. The van der Waals surface area contributed by atoms with Crippen LogP contribution < -0.4 is 5.32 Å². The number of aromatic nitrogens is 1. The fourth-order valence-corrected chi connectivity index (χ4v) is 1.85. The van der Waals surface area contributed by atoms with Crippen molar-refractivity contribution in [1.82, 2.24) is 5.16 Å². The van der Waals surface area contributed by atoms with Crippen molar-refractivity contribution in [1.29, 1.82) is 0 Å².